The van der Waals surface area contributed by atoms with Crippen LogP contribution in [0.15, 0.2) is 36.4 Å². The predicted octanol–water partition coefficient (Wildman–Crippen LogP) is 4.63. The van der Waals surface area contributed by atoms with E-state index in [1.165, 1.54) is 0 Å². The first-order chi connectivity index (χ1) is 8.09. The van der Waals surface area contributed by atoms with Gasteiger partial charge in [0.1, 0.15) is 0 Å². The zero-order valence-electron chi connectivity index (χ0n) is 9.30. The fourth-order valence-electron chi connectivity index (χ4n) is 1.60. The molecule has 0 bridgehead atoms. The highest BCUT2D eigenvalue weighted by Crippen LogP contribution is 2.34. The van der Waals surface area contributed by atoms with Crippen molar-refractivity contribution in [3.63, 3.8) is 0 Å². The van der Waals surface area contributed by atoms with Crippen molar-refractivity contribution >= 4 is 40.3 Å². The van der Waals surface area contributed by atoms with Gasteiger partial charge in [-0.25, -0.2) is 0 Å². The van der Waals surface area contributed by atoms with Crippen LogP contribution in [-0.4, -0.2) is 0 Å². The van der Waals surface area contributed by atoms with Crippen molar-refractivity contribution < 1.29 is 0 Å². The van der Waals surface area contributed by atoms with Gasteiger partial charge in [-0.05, 0) is 30.7 Å². The van der Waals surface area contributed by atoms with Crippen LogP contribution in [0, 0.1) is 6.92 Å². The highest BCUT2D eigenvalue weighted by atomic mass is 35.5. The summed E-state index contributed by atoms with van der Waals surface area (Å²) in [5, 5.41) is 4.22. The average Bonchev–Trinajstić information content (AvgIpc) is 2.29. The van der Waals surface area contributed by atoms with Crippen LogP contribution in [0.2, 0.25) is 10.0 Å². The van der Waals surface area contributed by atoms with E-state index in [1.54, 1.807) is 6.07 Å². The Morgan fingerprint density at radius 1 is 1.06 bits per heavy atom. The number of hydrogen-bond acceptors (Lipinski definition) is 2. The topological polar surface area (TPSA) is 38.0 Å². The van der Waals surface area contributed by atoms with Gasteiger partial charge >= 0.3 is 0 Å². The van der Waals surface area contributed by atoms with Crippen LogP contribution in [-0.2, 0) is 0 Å². The molecule has 0 spiro atoms. The molecule has 0 fully saturated rings. The minimum Gasteiger partial charge on any atom is -0.397 e. The number of nitrogen functional groups attached to an aromatic ring is 1. The first kappa shape index (κ1) is 12.1. The molecule has 0 aromatic heterocycles. The maximum Gasteiger partial charge on any atom is 0.0827 e. The molecule has 4 heteroatoms. The van der Waals surface area contributed by atoms with Gasteiger partial charge in [0.25, 0.3) is 0 Å². The standard InChI is InChI=1S/C13H12Cl2N2/c1-8-4-2-6-10(16)13(8)17-11-7-3-5-9(14)12(11)15/h2-7,17H,16H2,1H3. The Kier molecular flexibility index (Phi) is 3.46. The van der Waals surface area contributed by atoms with Gasteiger partial charge in [0.05, 0.1) is 27.1 Å². The van der Waals surface area contributed by atoms with E-state index in [4.69, 9.17) is 28.9 Å². The van der Waals surface area contributed by atoms with Crippen LogP contribution < -0.4 is 11.1 Å². The van der Waals surface area contributed by atoms with Crippen molar-refractivity contribution in [3.05, 3.63) is 52.0 Å². The molecule has 2 aromatic carbocycles. The molecule has 2 rings (SSSR count). The number of nitrogens with two attached hydrogens (primary N) is 1. The van der Waals surface area contributed by atoms with Crippen LogP contribution in [0.3, 0.4) is 0 Å². The van der Waals surface area contributed by atoms with Crippen LogP contribution in [0.5, 0.6) is 0 Å². The molecule has 0 saturated heterocycles. The third kappa shape index (κ3) is 2.48. The minimum atomic E-state index is 0.497. The number of halogens is 2. The van der Waals surface area contributed by atoms with E-state index in [-0.39, 0.29) is 0 Å². The molecule has 0 radical (unpaired) electrons. The second-order valence-corrected chi connectivity index (χ2v) is 4.55. The first-order valence-electron chi connectivity index (χ1n) is 5.15. The van der Waals surface area contributed by atoms with Gasteiger partial charge < -0.3 is 11.1 Å². The highest BCUT2D eigenvalue weighted by molar-refractivity contribution is 6.43. The molecule has 0 atom stereocenters. The molecule has 0 amide bonds. The maximum absolute atomic E-state index is 6.11. The van der Waals surface area contributed by atoms with Gasteiger partial charge in [0, 0.05) is 0 Å². The van der Waals surface area contributed by atoms with E-state index < -0.39 is 0 Å². The number of para-hydroxylation sites is 1. The first-order valence-corrected chi connectivity index (χ1v) is 5.91. The van der Waals surface area contributed by atoms with Gasteiger partial charge in [0.2, 0.25) is 0 Å². The summed E-state index contributed by atoms with van der Waals surface area (Å²) in [4.78, 5) is 0. The summed E-state index contributed by atoms with van der Waals surface area (Å²) in [5.41, 5.74) is 9.27. The van der Waals surface area contributed by atoms with E-state index in [1.807, 2.05) is 37.3 Å². The Morgan fingerprint density at radius 2 is 1.76 bits per heavy atom. The lowest BCUT2D eigenvalue weighted by atomic mass is 10.1. The average molecular weight is 267 g/mol. The normalized spacial score (nSPS) is 10.3. The van der Waals surface area contributed by atoms with Crippen LogP contribution in [0.25, 0.3) is 0 Å². The van der Waals surface area contributed by atoms with E-state index in [0.29, 0.717) is 15.7 Å². The minimum absolute atomic E-state index is 0.497. The van der Waals surface area contributed by atoms with Crippen molar-refractivity contribution in [1.82, 2.24) is 0 Å². The second kappa shape index (κ2) is 4.86. The number of rotatable bonds is 2. The number of aryl methyl sites for hydroxylation is 1. The molecule has 17 heavy (non-hydrogen) atoms. The molecule has 0 aliphatic carbocycles. The largest absolute Gasteiger partial charge is 0.397 e. The summed E-state index contributed by atoms with van der Waals surface area (Å²) in [7, 11) is 0. The highest BCUT2D eigenvalue weighted by Gasteiger charge is 2.07. The smallest absolute Gasteiger partial charge is 0.0827 e. The van der Waals surface area contributed by atoms with Crippen LogP contribution in [0.4, 0.5) is 17.1 Å². The zero-order chi connectivity index (χ0) is 12.4. The van der Waals surface area contributed by atoms with Gasteiger partial charge in [-0.3, -0.25) is 0 Å². The quantitative estimate of drug-likeness (QED) is 0.778. The van der Waals surface area contributed by atoms with Gasteiger partial charge in [-0.2, -0.15) is 0 Å². The lowest BCUT2D eigenvalue weighted by Gasteiger charge is -2.13. The van der Waals surface area contributed by atoms with E-state index in [9.17, 15) is 0 Å². The lowest BCUT2D eigenvalue weighted by molar-refractivity contribution is 1.43. The Labute approximate surface area is 110 Å². The van der Waals surface area contributed by atoms with Gasteiger partial charge in [0.15, 0.2) is 0 Å². The molecule has 0 heterocycles. The summed E-state index contributed by atoms with van der Waals surface area (Å²) in [5.74, 6) is 0. The molecule has 0 saturated carbocycles. The monoisotopic (exact) mass is 266 g/mol. The fraction of sp³-hybridized carbons (Fsp3) is 0.0769. The van der Waals surface area contributed by atoms with Crippen molar-refractivity contribution in [2.24, 2.45) is 0 Å². The molecule has 88 valence electrons. The zero-order valence-corrected chi connectivity index (χ0v) is 10.8. The SMILES string of the molecule is Cc1cccc(N)c1Nc1cccc(Cl)c1Cl. The van der Waals surface area contributed by atoms with Crippen LogP contribution >= 0.6 is 23.2 Å². The molecular formula is C13H12Cl2N2. The molecule has 0 aliphatic heterocycles. The van der Waals surface area contributed by atoms with Crippen molar-refractivity contribution in [3.8, 4) is 0 Å². The van der Waals surface area contributed by atoms with Crippen molar-refractivity contribution in [2.45, 2.75) is 6.92 Å². The van der Waals surface area contributed by atoms with Crippen molar-refractivity contribution in [2.75, 3.05) is 11.1 Å². The molecule has 3 N–H and O–H groups in total. The maximum atomic E-state index is 6.11. The Bertz CT molecular complexity index is 533. The van der Waals surface area contributed by atoms with E-state index >= 15 is 0 Å². The number of benzene rings is 2. The Hall–Kier alpha value is -1.38. The lowest BCUT2D eigenvalue weighted by Crippen LogP contribution is -1.99. The third-order valence-electron chi connectivity index (χ3n) is 2.52. The van der Waals surface area contributed by atoms with E-state index in [2.05, 4.69) is 5.32 Å². The van der Waals surface area contributed by atoms with Crippen LogP contribution in [0.1, 0.15) is 5.56 Å². The van der Waals surface area contributed by atoms with Gasteiger partial charge in [-0.1, -0.05) is 41.4 Å². The summed E-state index contributed by atoms with van der Waals surface area (Å²) in [6.45, 7) is 1.98. The number of hydrogen-bond donors (Lipinski definition) is 2. The van der Waals surface area contributed by atoms with Crippen molar-refractivity contribution in [1.29, 1.82) is 0 Å². The second-order valence-electron chi connectivity index (χ2n) is 3.77. The van der Waals surface area contributed by atoms with E-state index in [0.717, 1.165) is 16.9 Å². The summed E-state index contributed by atoms with van der Waals surface area (Å²) in [6.07, 6.45) is 0. The molecule has 2 aromatic rings. The molecule has 0 aliphatic rings. The number of nitrogens with one attached hydrogen (secondary N) is 1. The predicted molar refractivity (Wildman–Crippen MR) is 75.3 cm³/mol. The summed E-state index contributed by atoms with van der Waals surface area (Å²) >= 11 is 12.1. The Balaban J connectivity index is 2.42. The summed E-state index contributed by atoms with van der Waals surface area (Å²) < 4.78 is 0. The third-order valence-corrected chi connectivity index (χ3v) is 3.34. The number of anilines is 3. The summed E-state index contributed by atoms with van der Waals surface area (Å²) in [6, 6.07) is 11.2. The fourth-order valence-corrected chi connectivity index (χ4v) is 1.94. The van der Waals surface area contributed by atoms with Gasteiger partial charge in [-0.15, -0.1) is 0 Å². The molecular weight excluding hydrogens is 255 g/mol. The Morgan fingerprint density at radius 3 is 2.47 bits per heavy atom. The molecule has 0 unspecified atom stereocenters. The molecule has 2 nitrogen and oxygen atoms in total.